The number of hydrogen-bond acceptors (Lipinski definition) is 5. The average molecular weight is 491 g/mol. The number of carbonyl (C=O) groups excluding carboxylic acids is 2. The minimum atomic E-state index is -0.746. The Hall–Kier alpha value is -3.55. The summed E-state index contributed by atoms with van der Waals surface area (Å²) < 4.78 is 0. The molecule has 2 amide bonds. The Labute approximate surface area is 207 Å². The van der Waals surface area contributed by atoms with E-state index >= 15 is 0 Å². The summed E-state index contributed by atoms with van der Waals surface area (Å²) in [7, 11) is 0. The van der Waals surface area contributed by atoms with Crippen LogP contribution in [0, 0.1) is 0 Å². The molecule has 4 rings (SSSR count). The van der Waals surface area contributed by atoms with Crippen LogP contribution in [-0.4, -0.2) is 28.7 Å². The topological polar surface area (TPSA) is 96.6 Å². The molecule has 0 aliphatic carbocycles. The normalized spacial score (nSPS) is 16.5. The first kappa shape index (κ1) is 23.6. The minimum Gasteiger partial charge on any atom is -0.400 e. The van der Waals surface area contributed by atoms with Crippen molar-refractivity contribution in [1.82, 2.24) is 5.32 Å². The van der Waals surface area contributed by atoms with Crippen molar-refractivity contribution >= 4 is 51.6 Å². The summed E-state index contributed by atoms with van der Waals surface area (Å²) in [6.45, 7) is 0.463. The van der Waals surface area contributed by atoms with E-state index in [1.807, 2.05) is 60.7 Å². The molecule has 0 saturated heterocycles. The second-order valence-corrected chi connectivity index (χ2v) is 9.10. The molecule has 3 aromatic carbocycles. The second kappa shape index (κ2) is 11.0. The molecule has 1 aliphatic heterocycles. The van der Waals surface area contributed by atoms with Crippen molar-refractivity contribution in [2.75, 3.05) is 11.9 Å². The summed E-state index contributed by atoms with van der Waals surface area (Å²) in [5.41, 5.74) is 9.11. The summed E-state index contributed by atoms with van der Waals surface area (Å²) in [6, 6.07) is 25.9. The molecule has 0 unspecified atom stereocenters. The molecule has 1 aliphatic rings. The van der Waals surface area contributed by atoms with Gasteiger partial charge in [0, 0.05) is 23.0 Å². The number of hydrogen-bond donors (Lipinski definition) is 3. The van der Waals surface area contributed by atoms with Gasteiger partial charge in [0.15, 0.2) is 0 Å². The number of rotatable bonds is 7. The lowest BCUT2D eigenvalue weighted by Crippen LogP contribution is -2.36. The van der Waals surface area contributed by atoms with E-state index in [1.165, 1.54) is 11.8 Å². The molecule has 172 valence electrons. The third-order valence-electron chi connectivity index (χ3n) is 5.12. The van der Waals surface area contributed by atoms with Crippen LogP contribution in [0.4, 0.5) is 11.4 Å². The number of amides is 2. The van der Waals surface area contributed by atoms with Crippen LogP contribution in [0.15, 0.2) is 101 Å². The molecule has 0 fully saturated rings. The van der Waals surface area contributed by atoms with Crippen molar-refractivity contribution in [3.63, 3.8) is 0 Å². The van der Waals surface area contributed by atoms with Gasteiger partial charge in [0.1, 0.15) is 10.3 Å². The molecular weight excluding hydrogens is 468 g/mol. The number of halogens is 1. The monoisotopic (exact) mass is 490 g/mol. The molecule has 0 saturated carbocycles. The molecule has 6 nitrogen and oxygen atoms in total. The highest BCUT2D eigenvalue weighted by Gasteiger charge is 2.38. The SMILES string of the molecule is NC1=C(C(=O)Nc2ccc(Cl)cc2)C(=Nc2ccccc2)S[C@H]1C(=O)NCCc1ccccc1. The summed E-state index contributed by atoms with van der Waals surface area (Å²) in [5, 5.41) is 5.97. The van der Waals surface area contributed by atoms with Gasteiger partial charge in [0.05, 0.1) is 11.3 Å². The standard InChI is InChI=1S/C26H23ClN4O2S/c27-18-11-13-20(14-12-18)30-24(32)21-22(28)23(34-26(21)31-19-9-5-2-6-10-19)25(33)29-16-15-17-7-3-1-4-8-17/h1-14,23H,15-16,28H2,(H,29,33)(H,30,32)/t23-/m1/s1. The molecule has 34 heavy (non-hydrogen) atoms. The van der Waals surface area contributed by atoms with Crippen LogP contribution in [0.25, 0.3) is 0 Å². The number of para-hydroxylation sites is 1. The van der Waals surface area contributed by atoms with Gasteiger partial charge in [-0.05, 0) is 48.4 Å². The van der Waals surface area contributed by atoms with Gasteiger partial charge in [-0.2, -0.15) is 0 Å². The number of carbonyl (C=O) groups is 2. The zero-order valence-corrected chi connectivity index (χ0v) is 19.8. The lowest BCUT2D eigenvalue weighted by atomic mass is 10.1. The van der Waals surface area contributed by atoms with E-state index in [9.17, 15) is 9.59 Å². The highest BCUT2D eigenvalue weighted by molar-refractivity contribution is 8.16. The Morgan fingerprint density at radius 1 is 0.941 bits per heavy atom. The van der Waals surface area contributed by atoms with Gasteiger partial charge >= 0.3 is 0 Å². The molecule has 0 radical (unpaired) electrons. The highest BCUT2D eigenvalue weighted by atomic mass is 35.5. The van der Waals surface area contributed by atoms with E-state index in [0.29, 0.717) is 34.4 Å². The third kappa shape index (κ3) is 5.87. The average Bonchev–Trinajstić information content (AvgIpc) is 3.17. The van der Waals surface area contributed by atoms with Gasteiger partial charge in [-0.15, -0.1) is 0 Å². The number of nitrogens with one attached hydrogen (secondary N) is 2. The number of nitrogens with zero attached hydrogens (tertiary/aromatic N) is 1. The Morgan fingerprint density at radius 2 is 1.59 bits per heavy atom. The zero-order chi connectivity index (χ0) is 23.9. The van der Waals surface area contributed by atoms with E-state index in [0.717, 1.165) is 5.56 Å². The lowest BCUT2D eigenvalue weighted by molar-refractivity contribution is -0.119. The first-order valence-corrected chi connectivity index (χ1v) is 12.0. The maximum Gasteiger partial charge on any atom is 0.260 e. The van der Waals surface area contributed by atoms with Gasteiger partial charge in [-0.25, -0.2) is 4.99 Å². The fourth-order valence-electron chi connectivity index (χ4n) is 3.41. The number of nitrogens with two attached hydrogens (primary N) is 1. The van der Waals surface area contributed by atoms with Crippen molar-refractivity contribution in [3.8, 4) is 0 Å². The van der Waals surface area contributed by atoms with Crippen molar-refractivity contribution in [2.45, 2.75) is 11.7 Å². The van der Waals surface area contributed by atoms with Crippen LogP contribution in [0.2, 0.25) is 5.02 Å². The second-order valence-electron chi connectivity index (χ2n) is 7.57. The Bertz CT molecular complexity index is 1230. The van der Waals surface area contributed by atoms with Crippen molar-refractivity contribution < 1.29 is 9.59 Å². The van der Waals surface area contributed by atoms with E-state index in [2.05, 4.69) is 15.6 Å². The molecule has 0 aromatic heterocycles. The van der Waals surface area contributed by atoms with Crippen molar-refractivity contribution in [3.05, 3.63) is 107 Å². The lowest BCUT2D eigenvalue weighted by Gasteiger charge is -2.11. The summed E-state index contributed by atoms with van der Waals surface area (Å²) in [6.07, 6.45) is 0.697. The van der Waals surface area contributed by atoms with Crippen LogP contribution in [0.1, 0.15) is 5.56 Å². The third-order valence-corrected chi connectivity index (χ3v) is 6.60. The Balaban J connectivity index is 1.54. The molecule has 1 heterocycles. The van der Waals surface area contributed by atoms with E-state index < -0.39 is 11.2 Å². The van der Waals surface area contributed by atoms with E-state index in [-0.39, 0.29) is 17.2 Å². The summed E-state index contributed by atoms with van der Waals surface area (Å²) in [4.78, 5) is 30.7. The van der Waals surface area contributed by atoms with Gasteiger partial charge < -0.3 is 16.4 Å². The molecule has 8 heteroatoms. The maximum atomic E-state index is 13.2. The Morgan fingerprint density at radius 3 is 2.26 bits per heavy atom. The van der Waals surface area contributed by atoms with Crippen LogP contribution >= 0.6 is 23.4 Å². The molecule has 3 aromatic rings. The number of benzene rings is 3. The van der Waals surface area contributed by atoms with Crippen LogP contribution in [0.3, 0.4) is 0 Å². The number of thioether (sulfide) groups is 1. The van der Waals surface area contributed by atoms with Crippen LogP contribution in [0.5, 0.6) is 0 Å². The zero-order valence-electron chi connectivity index (χ0n) is 18.2. The van der Waals surface area contributed by atoms with Gasteiger partial charge in [0.25, 0.3) is 5.91 Å². The first-order valence-electron chi connectivity index (χ1n) is 10.7. The largest absolute Gasteiger partial charge is 0.400 e. The summed E-state index contributed by atoms with van der Waals surface area (Å²) >= 11 is 7.11. The van der Waals surface area contributed by atoms with Crippen LogP contribution in [-0.2, 0) is 16.0 Å². The van der Waals surface area contributed by atoms with Gasteiger partial charge in [0.2, 0.25) is 5.91 Å². The number of aliphatic imine (C=N–C) groups is 1. The molecular formula is C26H23ClN4O2S. The maximum absolute atomic E-state index is 13.2. The van der Waals surface area contributed by atoms with Gasteiger partial charge in [-0.3, -0.25) is 9.59 Å². The smallest absolute Gasteiger partial charge is 0.260 e. The predicted octanol–water partition coefficient (Wildman–Crippen LogP) is 4.70. The van der Waals surface area contributed by atoms with E-state index in [4.69, 9.17) is 17.3 Å². The predicted molar refractivity (Wildman–Crippen MR) is 139 cm³/mol. The van der Waals surface area contributed by atoms with Gasteiger partial charge in [-0.1, -0.05) is 71.9 Å². The molecule has 0 spiro atoms. The first-order chi connectivity index (χ1) is 16.5. The fourth-order valence-corrected chi connectivity index (χ4v) is 4.68. The van der Waals surface area contributed by atoms with E-state index in [1.54, 1.807) is 24.3 Å². The Kier molecular flexibility index (Phi) is 7.67. The van der Waals surface area contributed by atoms with Crippen molar-refractivity contribution in [2.24, 2.45) is 10.7 Å². The number of anilines is 1. The fraction of sp³-hybridized carbons (Fsp3) is 0.115. The minimum absolute atomic E-state index is 0.184. The molecule has 4 N–H and O–H groups in total. The molecule has 1 atom stereocenters. The molecule has 0 bridgehead atoms. The van der Waals surface area contributed by atoms with Crippen LogP contribution < -0.4 is 16.4 Å². The quantitative estimate of drug-likeness (QED) is 0.447. The van der Waals surface area contributed by atoms with Crippen molar-refractivity contribution in [1.29, 1.82) is 0 Å². The highest BCUT2D eigenvalue weighted by Crippen LogP contribution is 2.35. The summed E-state index contributed by atoms with van der Waals surface area (Å²) in [5.74, 6) is -0.685.